The Morgan fingerprint density at radius 1 is 1.48 bits per heavy atom. The van der Waals surface area contributed by atoms with Crippen molar-refractivity contribution in [3.8, 4) is 5.75 Å². The minimum Gasteiger partial charge on any atom is -0.491 e. The molecule has 2 N–H and O–H groups in total. The molecule has 1 heterocycles. The summed E-state index contributed by atoms with van der Waals surface area (Å²) in [7, 11) is 1.59. The molecular formula is C15H22N2O4. The summed E-state index contributed by atoms with van der Waals surface area (Å²) in [6.07, 6.45) is 2.32. The third-order valence-corrected chi connectivity index (χ3v) is 3.14. The number of urea groups is 1. The molecule has 0 aliphatic carbocycles. The number of amides is 2. The lowest BCUT2D eigenvalue weighted by molar-refractivity contribution is 0.0680. The van der Waals surface area contributed by atoms with E-state index in [-0.39, 0.29) is 12.1 Å². The summed E-state index contributed by atoms with van der Waals surface area (Å²) in [6, 6.07) is 7.06. The number of nitrogens with one attached hydrogen (secondary N) is 2. The fourth-order valence-corrected chi connectivity index (χ4v) is 2.07. The van der Waals surface area contributed by atoms with E-state index in [0.717, 1.165) is 25.2 Å². The maximum atomic E-state index is 11.6. The summed E-state index contributed by atoms with van der Waals surface area (Å²) < 4.78 is 16.1. The van der Waals surface area contributed by atoms with Crippen molar-refractivity contribution in [1.82, 2.24) is 5.32 Å². The maximum Gasteiger partial charge on any atom is 0.319 e. The highest BCUT2D eigenvalue weighted by molar-refractivity contribution is 5.89. The highest BCUT2D eigenvalue weighted by atomic mass is 16.5. The number of anilines is 1. The zero-order valence-electron chi connectivity index (χ0n) is 12.3. The van der Waals surface area contributed by atoms with Crippen LogP contribution >= 0.6 is 0 Å². The lowest BCUT2D eigenvalue weighted by atomic mass is 10.2. The largest absolute Gasteiger partial charge is 0.491 e. The van der Waals surface area contributed by atoms with Crippen LogP contribution in [0.3, 0.4) is 0 Å². The van der Waals surface area contributed by atoms with Gasteiger partial charge in [0.25, 0.3) is 0 Å². The third kappa shape index (κ3) is 5.61. The van der Waals surface area contributed by atoms with E-state index in [9.17, 15) is 4.79 Å². The first-order valence-electron chi connectivity index (χ1n) is 7.16. The summed E-state index contributed by atoms with van der Waals surface area (Å²) in [4.78, 5) is 11.6. The molecule has 2 amide bonds. The molecule has 0 spiro atoms. The molecule has 0 radical (unpaired) electrons. The van der Waals surface area contributed by atoms with Crippen molar-refractivity contribution in [3.05, 3.63) is 24.3 Å². The molecule has 21 heavy (non-hydrogen) atoms. The lowest BCUT2D eigenvalue weighted by Gasteiger charge is -2.13. The van der Waals surface area contributed by atoms with Gasteiger partial charge in [-0.25, -0.2) is 4.79 Å². The molecule has 1 aromatic rings. The van der Waals surface area contributed by atoms with Crippen molar-refractivity contribution in [2.45, 2.75) is 18.9 Å². The minimum absolute atomic E-state index is 0.180. The molecule has 1 atom stereocenters. The Morgan fingerprint density at radius 2 is 2.38 bits per heavy atom. The molecule has 1 unspecified atom stereocenters. The van der Waals surface area contributed by atoms with E-state index < -0.39 is 0 Å². The van der Waals surface area contributed by atoms with Crippen molar-refractivity contribution < 1.29 is 19.0 Å². The van der Waals surface area contributed by atoms with Crippen molar-refractivity contribution >= 4 is 11.7 Å². The lowest BCUT2D eigenvalue weighted by Crippen LogP contribution is -2.31. The van der Waals surface area contributed by atoms with E-state index in [4.69, 9.17) is 14.2 Å². The van der Waals surface area contributed by atoms with Crippen LogP contribution in [0.4, 0.5) is 10.5 Å². The molecule has 0 bridgehead atoms. The standard InChI is InChI=1S/C15H22N2O4/c1-19-9-7-16-15(18)17-12-4-2-5-13(10-12)21-11-14-6-3-8-20-14/h2,4-5,10,14H,3,6-9,11H2,1H3,(H2,16,17,18). The predicted octanol–water partition coefficient (Wildman–Crippen LogP) is 2.01. The number of hydrogen-bond donors (Lipinski definition) is 2. The number of benzene rings is 1. The highest BCUT2D eigenvalue weighted by Gasteiger charge is 2.16. The SMILES string of the molecule is COCCNC(=O)Nc1cccc(OCC2CCCO2)c1. The zero-order valence-corrected chi connectivity index (χ0v) is 12.3. The first-order chi connectivity index (χ1) is 10.3. The van der Waals surface area contributed by atoms with Crippen LogP contribution in [-0.4, -0.2) is 45.6 Å². The molecule has 116 valence electrons. The monoisotopic (exact) mass is 294 g/mol. The van der Waals surface area contributed by atoms with Crippen LogP contribution in [-0.2, 0) is 9.47 Å². The molecule has 1 fully saturated rings. The second-order valence-corrected chi connectivity index (χ2v) is 4.85. The molecule has 6 nitrogen and oxygen atoms in total. The Bertz CT molecular complexity index is 447. The highest BCUT2D eigenvalue weighted by Crippen LogP contribution is 2.19. The van der Waals surface area contributed by atoms with E-state index in [1.807, 2.05) is 18.2 Å². The van der Waals surface area contributed by atoms with Crippen molar-refractivity contribution in [1.29, 1.82) is 0 Å². The molecule has 1 aromatic carbocycles. The zero-order chi connectivity index (χ0) is 14.9. The van der Waals surface area contributed by atoms with Gasteiger partial charge in [-0.05, 0) is 25.0 Å². The Labute approximate surface area is 124 Å². The van der Waals surface area contributed by atoms with Crippen molar-refractivity contribution in [2.24, 2.45) is 0 Å². The third-order valence-electron chi connectivity index (χ3n) is 3.14. The smallest absolute Gasteiger partial charge is 0.319 e. The van der Waals surface area contributed by atoms with Crippen molar-refractivity contribution in [3.63, 3.8) is 0 Å². The van der Waals surface area contributed by atoms with E-state index in [2.05, 4.69) is 10.6 Å². The van der Waals surface area contributed by atoms with Gasteiger partial charge in [-0.15, -0.1) is 0 Å². The van der Waals surface area contributed by atoms with Gasteiger partial charge >= 0.3 is 6.03 Å². The summed E-state index contributed by atoms with van der Waals surface area (Å²) in [5.74, 6) is 0.722. The van der Waals surface area contributed by atoms with E-state index in [1.165, 1.54) is 0 Å². The molecule has 1 aliphatic heterocycles. The number of ether oxygens (including phenoxy) is 3. The van der Waals surface area contributed by atoms with E-state index >= 15 is 0 Å². The second kappa shape index (κ2) is 8.49. The molecule has 6 heteroatoms. The summed E-state index contributed by atoms with van der Waals surface area (Å²) in [5.41, 5.74) is 0.690. The van der Waals surface area contributed by atoms with Gasteiger partial charge in [0.1, 0.15) is 12.4 Å². The van der Waals surface area contributed by atoms with Crippen LogP contribution in [0.15, 0.2) is 24.3 Å². The predicted molar refractivity (Wildman–Crippen MR) is 79.8 cm³/mol. The number of methoxy groups -OCH3 is 1. The van der Waals surface area contributed by atoms with Crippen molar-refractivity contribution in [2.75, 3.05) is 38.8 Å². The molecule has 1 saturated heterocycles. The number of carbonyl (C=O) groups is 1. The first kappa shape index (κ1) is 15.6. The van der Waals surface area contributed by atoms with E-state index in [0.29, 0.717) is 25.4 Å². The quantitative estimate of drug-likeness (QED) is 0.755. The number of rotatable bonds is 7. The Kier molecular flexibility index (Phi) is 6.30. The van der Waals surface area contributed by atoms with E-state index in [1.54, 1.807) is 13.2 Å². The molecule has 2 rings (SSSR count). The van der Waals surface area contributed by atoms with Gasteiger partial charge in [-0.3, -0.25) is 0 Å². The van der Waals surface area contributed by atoms with Crippen LogP contribution in [0.1, 0.15) is 12.8 Å². The van der Waals surface area contributed by atoms with Gasteiger partial charge in [0, 0.05) is 32.0 Å². The van der Waals surface area contributed by atoms with Gasteiger partial charge in [0.05, 0.1) is 12.7 Å². The fourth-order valence-electron chi connectivity index (χ4n) is 2.07. The topological polar surface area (TPSA) is 68.8 Å². The maximum absolute atomic E-state index is 11.6. The van der Waals surface area contributed by atoms with Gasteiger partial charge in [-0.1, -0.05) is 6.07 Å². The van der Waals surface area contributed by atoms with Gasteiger partial charge in [0.15, 0.2) is 0 Å². The first-order valence-corrected chi connectivity index (χ1v) is 7.16. The average molecular weight is 294 g/mol. The fraction of sp³-hybridized carbons (Fsp3) is 0.533. The van der Waals surface area contributed by atoms with Crippen LogP contribution in [0.2, 0.25) is 0 Å². The number of carbonyl (C=O) groups excluding carboxylic acids is 1. The normalized spacial score (nSPS) is 17.5. The summed E-state index contributed by atoms with van der Waals surface area (Å²) >= 11 is 0. The van der Waals surface area contributed by atoms with Crippen LogP contribution in [0.5, 0.6) is 5.75 Å². The van der Waals surface area contributed by atoms with Crippen LogP contribution < -0.4 is 15.4 Å². The number of hydrogen-bond acceptors (Lipinski definition) is 4. The minimum atomic E-state index is -0.261. The van der Waals surface area contributed by atoms with Crippen LogP contribution in [0, 0.1) is 0 Å². The van der Waals surface area contributed by atoms with Gasteiger partial charge in [-0.2, -0.15) is 0 Å². The molecular weight excluding hydrogens is 272 g/mol. The Balaban J connectivity index is 1.78. The summed E-state index contributed by atoms with van der Waals surface area (Å²) in [5, 5.41) is 5.44. The Hall–Kier alpha value is -1.79. The van der Waals surface area contributed by atoms with Gasteiger partial charge < -0.3 is 24.8 Å². The summed E-state index contributed by atoms with van der Waals surface area (Å²) in [6.45, 7) is 2.32. The van der Waals surface area contributed by atoms with Gasteiger partial charge in [0.2, 0.25) is 0 Å². The molecule has 1 aliphatic rings. The second-order valence-electron chi connectivity index (χ2n) is 4.85. The van der Waals surface area contributed by atoms with Crippen LogP contribution in [0.25, 0.3) is 0 Å². The average Bonchev–Trinajstić information content (AvgIpc) is 2.99. The molecule has 0 saturated carbocycles. The molecule has 0 aromatic heterocycles. The Morgan fingerprint density at radius 3 is 3.14 bits per heavy atom.